The van der Waals surface area contributed by atoms with Gasteiger partial charge in [0.2, 0.25) is 27.6 Å². The van der Waals surface area contributed by atoms with Crippen molar-refractivity contribution in [3.63, 3.8) is 0 Å². The summed E-state index contributed by atoms with van der Waals surface area (Å²) >= 11 is 0. The maximum absolute atomic E-state index is 12.2. The van der Waals surface area contributed by atoms with Crippen LogP contribution in [0.5, 0.6) is 5.75 Å². The van der Waals surface area contributed by atoms with Crippen molar-refractivity contribution in [2.75, 3.05) is 20.2 Å². The Hall–Kier alpha value is -3.24. The summed E-state index contributed by atoms with van der Waals surface area (Å²) < 4.78 is 37.0. The van der Waals surface area contributed by atoms with Crippen LogP contribution >= 0.6 is 0 Å². The molecule has 0 radical (unpaired) electrons. The zero-order valence-electron chi connectivity index (χ0n) is 16.4. The third-order valence-corrected chi connectivity index (χ3v) is 5.65. The molecule has 0 aliphatic heterocycles. The lowest BCUT2D eigenvalue weighted by Crippen LogP contribution is -2.34. The molecule has 30 heavy (non-hydrogen) atoms. The molecule has 0 saturated carbocycles. The highest BCUT2D eigenvalue weighted by molar-refractivity contribution is 7.89. The van der Waals surface area contributed by atoms with Gasteiger partial charge in [0.05, 0.1) is 12.0 Å². The first-order chi connectivity index (χ1) is 14.5. The fraction of sp³-hybridized carbons (Fsp3) is 0.250. The third kappa shape index (κ3) is 5.88. The van der Waals surface area contributed by atoms with Crippen LogP contribution in [0, 0.1) is 0 Å². The van der Waals surface area contributed by atoms with Crippen LogP contribution in [0.1, 0.15) is 12.3 Å². The van der Waals surface area contributed by atoms with Crippen molar-refractivity contribution in [2.24, 2.45) is 0 Å². The van der Waals surface area contributed by atoms with Gasteiger partial charge in [0.25, 0.3) is 0 Å². The van der Waals surface area contributed by atoms with E-state index in [2.05, 4.69) is 20.2 Å². The molecule has 1 amide bonds. The second-order valence-corrected chi connectivity index (χ2v) is 8.07. The van der Waals surface area contributed by atoms with Crippen LogP contribution in [0.15, 0.2) is 64.0 Å². The van der Waals surface area contributed by atoms with Crippen molar-refractivity contribution in [1.29, 1.82) is 0 Å². The van der Waals surface area contributed by atoms with E-state index in [4.69, 9.17) is 9.26 Å². The molecule has 0 saturated heterocycles. The molecule has 3 aromatic rings. The summed E-state index contributed by atoms with van der Waals surface area (Å²) in [5.41, 5.74) is 0.834. The van der Waals surface area contributed by atoms with Crippen LogP contribution in [-0.4, -0.2) is 44.7 Å². The first-order valence-electron chi connectivity index (χ1n) is 9.26. The van der Waals surface area contributed by atoms with Gasteiger partial charge in [-0.3, -0.25) is 4.79 Å². The quantitative estimate of drug-likeness (QED) is 0.470. The lowest BCUT2D eigenvalue weighted by molar-refractivity contribution is -0.121. The Morgan fingerprint density at radius 2 is 1.80 bits per heavy atom. The Morgan fingerprint density at radius 3 is 2.50 bits per heavy atom. The molecule has 0 bridgehead atoms. The number of rotatable bonds is 10. The number of aryl methyl sites for hydroxylation is 1. The van der Waals surface area contributed by atoms with Crippen molar-refractivity contribution in [3.8, 4) is 17.1 Å². The molecule has 3 rings (SSSR count). The molecular formula is C20H22N4O5S. The largest absolute Gasteiger partial charge is 0.497 e. The lowest BCUT2D eigenvalue weighted by atomic mass is 10.2. The average molecular weight is 430 g/mol. The van der Waals surface area contributed by atoms with Crippen LogP contribution in [0.25, 0.3) is 11.4 Å². The molecule has 0 unspecified atom stereocenters. The molecule has 158 valence electrons. The number of amides is 1. The van der Waals surface area contributed by atoms with Gasteiger partial charge in [0, 0.05) is 31.5 Å². The summed E-state index contributed by atoms with van der Waals surface area (Å²) in [7, 11) is -2.15. The van der Waals surface area contributed by atoms with Gasteiger partial charge in [-0.2, -0.15) is 4.98 Å². The molecular weight excluding hydrogens is 408 g/mol. The molecule has 0 aliphatic carbocycles. The monoisotopic (exact) mass is 430 g/mol. The Labute approximate surface area is 174 Å². The van der Waals surface area contributed by atoms with Crippen molar-refractivity contribution in [2.45, 2.75) is 17.7 Å². The van der Waals surface area contributed by atoms with E-state index in [0.717, 1.165) is 5.56 Å². The lowest BCUT2D eigenvalue weighted by Gasteiger charge is -2.08. The highest BCUT2D eigenvalue weighted by Crippen LogP contribution is 2.16. The van der Waals surface area contributed by atoms with Crippen molar-refractivity contribution in [3.05, 3.63) is 60.5 Å². The van der Waals surface area contributed by atoms with Gasteiger partial charge in [-0.25, -0.2) is 13.1 Å². The highest BCUT2D eigenvalue weighted by Gasteiger charge is 2.14. The minimum atomic E-state index is -3.65. The van der Waals surface area contributed by atoms with Crippen molar-refractivity contribution >= 4 is 15.9 Å². The van der Waals surface area contributed by atoms with E-state index in [-0.39, 0.29) is 30.3 Å². The number of aromatic nitrogens is 2. The number of nitrogens with one attached hydrogen (secondary N) is 2. The van der Waals surface area contributed by atoms with Crippen LogP contribution in [0.3, 0.4) is 0 Å². The fourth-order valence-electron chi connectivity index (χ4n) is 2.60. The number of nitrogens with zero attached hydrogens (tertiary/aromatic N) is 2. The van der Waals surface area contributed by atoms with Crippen LogP contribution in [0.2, 0.25) is 0 Å². The molecule has 2 N–H and O–H groups in total. The van der Waals surface area contributed by atoms with Gasteiger partial charge in [-0.15, -0.1) is 0 Å². The molecule has 2 aromatic carbocycles. The van der Waals surface area contributed by atoms with Gasteiger partial charge in [0.15, 0.2) is 0 Å². The molecule has 1 heterocycles. The van der Waals surface area contributed by atoms with E-state index in [1.807, 2.05) is 30.3 Å². The number of sulfonamides is 1. The van der Waals surface area contributed by atoms with Gasteiger partial charge in [-0.05, 0) is 24.3 Å². The Morgan fingerprint density at radius 1 is 1.07 bits per heavy atom. The van der Waals surface area contributed by atoms with Crippen LogP contribution in [0.4, 0.5) is 0 Å². The molecule has 1 aromatic heterocycles. The van der Waals surface area contributed by atoms with E-state index in [9.17, 15) is 13.2 Å². The molecule has 0 aliphatic rings. The second-order valence-electron chi connectivity index (χ2n) is 6.30. The molecule has 0 spiro atoms. The zero-order chi connectivity index (χ0) is 21.4. The molecule has 10 heteroatoms. The SMILES string of the molecule is COc1ccc(S(=O)(=O)NCCNC(=O)CCc2nc(-c3ccccc3)no2)cc1. The number of carbonyl (C=O) groups excluding carboxylic acids is 1. The second kappa shape index (κ2) is 9.99. The zero-order valence-corrected chi connectivity index (χ0v) is 17.2. The molecule has 9 nitrogen and oxygen atoms in total. The van der Waals surface area contributed by atoms with E-state index < -0.39 is 10.0 Å². The standard InChI is InChI=1S/C20H22N4O5S/c1-28-16-7-9-17(10-8-16)30(26,27)22-14-13-21-18(25)11-12-19-23-20(24-29-19)15-5-3-2-4-6-15/h2-10,22H,11-14H2,1H3,(H,21,25). The number of hydrogen-bond donors (Lipinski definition) is 2. The maximum Gasteiger partial charge on any atom is 0.240 e. The summed E-state index contributed by atoms with van der Waals surface area (Å²) in [5.74, 6) is 1.17. The van der Waals surface area contributed by atoms with Gasteiger partial charge >= 0.3 is 0 Å². The maximum atomic E-state index is 12.2. The van der Waals surface area contributed by atoms with E-state index >= 15 is 0 Å². The number of methoxy groups -OCH3 is 1. The summed E-state index contributed by atoms with van der Waals surface area (Å²) in [6.07, 6.45) is 0.449. The summed E-state index contributed by atoms with van der Waals surface area (Å²) in [6, 6.07) is 15.4. The minimum absolute atomic E-state index is 0.0683. The smallest absolute Gasteiger partial charge is 0.240 e. The van der Waals surface area contributed by atoms with Crippen molar-refractivity contribution < 1.29 is 22.5 Å². The van der Waals surface area contributed by atoms with E-state index in [0.29, 0.717) is 23.9 Å². The normalized spacial score (nSPS) is 11.2. The predicted molar refractivity (Wildman–Crippen MR) is 109 cm³/mol. The average Bonchev–Trinajstić information content (AvgIpc) is 3.25. The van der Waals surface area contributed by atoms with Crippen molar-refractivity contribution in [1.82, 2.24) is 20.2 Å². The van der Waals surface area contributed by atoms with Gasteiger partial charge < -0.3 is 14.6 Å². The number of ether oxygens (including phenoxy) is 1. The van der Waals surface area contributed by atoms with E-state index in [1.165, 1.54) is 19.2 Å². The summed E-state index contributed by atoms with van der Waals surface area (Å²) in [5, 5.41) is 6.56. The Balaban J connectivity index is 1.39. The third-order valence-electron chi connectivity index (χ3n) is 4.17. The van der Waals surface area contributed by atoms with Gasteiger partial charge in [-0.1, -0.05) is 35.5 Å². The number of carbonyl (C=O) groups is 1. The first kappa shape index (κ1) is 21.5. The molecule has 0 atom stereocenters. The highest BCUT2D eigenvalue weighted by atomic mass is 32.2. The molecule has 0 fully saturated rings. The number of hydrogen-bond acceptors (Lipinski definition) is 7. The Kier molecular flexibility index (Phi) is 7.15. The number of benzene rings is 2. The predicted octanol–water partition coefficient (Wildman–Crippen LogP) is 1.77. The summed E-state index contributed by atoms with van der Waals surface area (Å²) in [6.45, 7) is 0.228. The minimum Gasteiger partial charge on any atom is -0.497 e. The van der Waals surface area contributed by atoms with Crippen LogP contribution in [-0.2, 0) is 21.2 Å². The first-order valence-corrected chi connectivity index (χ1v) is 10.7. The van der Waals surface area contributed by atoms with E-state index in [1.54, 1.807) is 12.1 Å². The van der Waals surface area contributed by atoms with Crippen LogP contribution < -0.4 is 14.8 Å². The topological polar surface area (TPSA) is 123 Å². The Bertz CT molecular complexity index is 1070. The summed E-state index contributed by atoms with van der Waals surface area (Å²) in [4.78, 5) is 16.4. The van der Waals surface area contributed by atoms with Gasteiger partial charge in [0.1, 0.15) is 5.75 Å². The fourth-order valence-corrected chi connectivity index (χ4v) is 3.63.